The van der Waals surface area contributed by atoms with Crippen LogP contribution in [0.5, 0.6) is 0 Å². The largest absolute Gasteiger partial charge is 0.468 e. The predicted octanol–water partition coefficient (Wildman–Crippen LogP) is 5.21. The van der Waals surface area contributed by atoms with E-state index in [0.29, 0.717) is 17.9 Å². The SMILES string of the molecule is COC(=O)CN(CCC#N)c1ccc(N=Nc2c(Cl)cc([N+](=O)[O-])cc2Cl)cc1. The first-order valence-electron chi connectivity index (χ1n) is 8.19. The molecule has 11 heteroatoms. The molecule has 0 heterocycles. The fraction of sp³-hybridized carbons (Fsp3) is 0.222. The monoisotopic (exact) mass is 435 g/mol. The molecule has 150 valence electrons. The number of non-ortho nitro benzene ring substituents is 1. The number of nitro benzene ring substituents is 1. The van der Waals surface area contributed by atoms with Crippen molar-refractivity contribution in [1.29, 1.82) is 5.26 Å². The van der Waals surface area contributed by atoms with E-state index in [4.69, 9.17) is 28.5 Å². The van der Waals surface area contributed by atoms with Gasteiger partial charge in [-0.2, -0.15) is 10.4 Å². The lowest BCUT2D eigenvalue weighted by Crippen LogP contribution is -2.31. The van der Waals surface area contributed by atoms with Gasteiger partial charge in [0.05, 0.1) is 40.3 Å². The molecule has 2 rings (SSSR count). The van der Waals surface area contributed by atoms with Crippen LogP contribution in [0.25, 0.3) is 0 Å². The fourth-order valence-corrected chi connectivity index (χ4v) is 2.85. The number of esters is 1. The molecule has 0 atom stereocenters. The minimum atomic E-state index is -0.607. The van der Waals surface area contributed by atoms with Crippen LogP contribution in [0.1, 0.15) is 6.42 Å². The molecule has 0 fully saturated rings. The third-order valence-electron chi connectivity index (χ3n) is 3.73. The van der Waals surface area contributed by atoms with E-state index in [-0.39, 0.29) is 34.4 Å². The number of benzene rings is 2. The number of hydrogen-bond donors (Lipinski definition) is 0. The maximum Gasteiger partial charge on any atom is 0.325 e. The Balaban J connectivity index is 2.20. The Morgan fingerprint density at radius 1 is 1.24 bits per heavy atom. The number of nitriles is 1. The second kappa shape index (κ2) is 10.4. The molecule has 0 bridgehead atoms. The summed E-state index contributed by atoms with van der Waals surface area (Å²) in [6.07, 6.45) is 0.246. The predicted molar refractivity (Wildman–Crippen MR) is 108 cm³/mol. The van der Waals surface area contributed by atoms with E-state index < -0.39 is 10.9 Å². The number of anilines is 1. The number of hydrogen-bond acceptors (Lipinski definition) is 8. The second-order valence-electron chi connectivity index (χ2n) is 5.64. The Labute approximate surface area is 176 Å². The number of nitrogens with zero attached hydrogens (tertiary/aromatic N) is 5. The summed E-state index contributed by atoms with van der Waals surface area (Å²) in [5.74, 6) is -0.422. The van der Waals surface area contributed by atoms with Gasteiger partial charge in [-0.3, -0.25) is 14.9 Å². The van der Waals surface area contributed by atoms with Gasteiger partial charge < -0.3 is 9.64 Å². The van der Waals surface area contributed by atoms with E-state index in [9.17, 15) is 14.9 Å². The first-order chi connectivity index (χ1) is 13.8. The van der Waals surface area contributed by atoms with Crippen LogP contribution in [0.15, 0.2) is 46.6 Å². The van der Waals surface area contributed by atoms with Crippen LogP contribution >= 0.6 is 23.2 Å². The molecule has 0 spiro atoms. The maximum absolute atomic E-state index is 11.6. The molecule has 0 aromatic heterocycles. The van der Waals surface area contributed by atoms with Gasteiger partial charge in [0.25, 0.3) is 5.69 Å². The molecule has 0 saturated heterocycles. The number of halogens is 2. The molecule has 0 amide bonds. The number of nitro groups is 1. The number of carbonyl (C=O) groups excluding carboxylic acids is 1. The molecule has 0 N–H and O–H groups in total. The first-order valence-corrected chi connectivity index (χ1v) is 8.95. The van der Waals surface area contributed by atoms with E-state index >= 15 is 0 Å². The normalized spacial score (nSPS) is 10.6. The van der Waals surface area contributed by atoms with Crippen molar-refractivity contribution in [2.45, 2.75) is 6.42 Å². The third-order valence-corrected chi connectivity index (χ3v) is 4.31. The molecule has 0 aliphatic heterocycles. The summed E-state index contributed by atoms with van der Waals surface area (Å²) >= 11 is 12.0. The van der Waals surface area contributed by atoms with Crippen LogP contribution in [0.4, 0.5) is 22.7 Å². The maximum atomic E-state index is 11.6. The molecule has 0 saturated carbocycles. The van der Waals surface area contributed by atoms with Crippen molar-refractivity contribution in [3.8, 4) is 6.07 Å². The summed E-state index contributed by atoms with van der Waals surface area (Å²) in [4.78, 5) is 23.5. The van der Waals surface area contributed by atoms with E-state index in [1.54, 1.807) is 29.2 Å². The number of ether oxygens (including phenoxy) is 1. The zero-order valence-corrected chi connectivity index (χ0v) is 16.7. The van der Waals surface area contributed by atoms with Crippen molar-refractivity contribution in [2.75, 3.05) is 25.1 Å². The molecule has 2 aromatic rings. The zero-order valence-electron chi connectivity index (χ0n) is 15.2. The number of methoxy groups -OCH3 is 1. The standard InChI is InChI=1S/C18H15Cl2N5O4/c1-29-17(26)11-24(8-2-7-21)13-5-3-12(4-6-13)22-23-18-15(19)9-14(25(27)28)10-16(18)20/h3-6,9-10H,2,8,11H2,1H3. The summed E-state index contributed by atoms with van der Waals surface area (Å²) in [6.45, 7) is 0.369. The van der Waals surface area contributed by atoms with E-state index in [1.807, 2.05) is 6.07 Å². The van der Waals surface area contributed by atoms with Crippen molar-refractivity contribution < 1.29 is 14.5 Å². The summed E-state index contributed by atoms with van der Waals surface area (Å²) < 4.78 is 4.67. The van der Waals surface area contributed by atoms with Gasteiger partial charge in [0.2, 0.25) is 0 Å². The minimum absolute atomic E-state index is 0.00493. The highest BCUT2D eigenvalue weighted by atomic mass is 35.5. The van der Waals surface area contributed by atoms with Gasteiger partial charge in [-0.15, -0.1) is 5.11 Å². The minimum Gasteiger partial charge on any atom is -0.468 e. The average Bonchev–Trinajstić information content (AvgIpc) is 2.70. The highest BCUT2D eigenvalue weighted by Crippen LogP contribution is 2.37. The van der Waals surface area contributed by atoms with Crippen molar-refractivity contribution in [3.63, 3.8) is 0 Å². The lowest BCUT2D eigenvalue weighted by Gasteiger charge is -2.22. The average molecular weight is 436 g/mol. The van der Waals surface area contributed by atoms with Gasteiger partial charge in [0.15, 0.2) is 0 Å². The molecular weight excluding hydrogens is 421 g/mol. The fourth-order valence-electron chi connectivity index (χ4n) is 2.30. The Kier molecular flexibility index (Phi) is 7.88. The van der Waals surface area contributed by atoms with Crippen molar-refractivity contribution in [3.05, 3.63) is 56.6 Å². The highest BCUT2D eigenvalue weighted by molar-refractivity contribution is 6.39. The van der Waals surface area contributed by atoms with E-state index in [2.05, 4.69) is 15.0 Å². The molecule has 2 aromatic carbocycles. The summed E-state index contributed by atoms with van der Waals surface area (Å²) in [5.41, 5.74) is 1.05. The van der Waals surface area contributed by atoms with Crippen LogP contribution in [0.3, 0.4) is 0 Å². The van der Waals surface area contributed by atoms with Gasteiger partial charge in [-0.25, -0.2) is 0 Å². The zero-order chi connectivity index (χ0) is 21.4. The lowest BCUT2D eigenvalue weighted by molar-refractivity contribution is -0.384. The third kappa shape index (κ3) is 6.14. The molecule has 29 heavy (non-hydrogen) atoms. The molecule has 0 aliphatic rings. The Hall–Kier alpha value is -3.22. The molecular formula is C18H15Cl2N5O4. The Bertz CT molecular complexity index is 950. The smallest absolute Gasteiger partial charge is 0.325 e. The van der Waals surface area contributed by atoms with Gasteiger partial charge >= 0.3 is 5.97 Å². The van der Waals surface area contributed by atoms with Crippen molar-refractivity contribution >= 4 is 51.9 Å². The summed E-state index contributed by atoms with van der Waals surface area (Å²) in [6, 6.07) is 11.1. The number of azo groups is 1. The number of carbonyl (C=O) groups is 1. The highest BCUT2D eigenvalue weighted by Gasteiger charge is 2.15. The van der Waals surface area contributed by atoms with Crippen LogP contribution < -0.4 is 4.90 Å². The summed E-state index contributed by atoms with van der Waals surface area (Å²) in [5, 5.41) is 27.6. The molecule has 0 unspecified atom stereocenters. The van der Waals surface area contributed by atoms with Crippen molar-refractivity contribution in [1.82, 2.24) is 0 Å². The van der Waals surface area contributed by atoms with Crippen LogP contribution in [-0.2, 0) is 9.53 Å². The van der Waals surface area contributed by atoms with Gasteiger partial charge in [0.1, 0.15) is 12.2 Å². The van der Waals surface area contributed by atoms with E-state index in [1.165, 1.54) is 7.11 Å². The van der Waals surface area contributed by atoms with Gasteiger partial charge in [-0.05, 0) is 24.3 Å². The molecule has 0 radical (unpaired) electrons. The second-order valence-corrected chi connectivity index (χ2v) is 6.45. The van der Waals surface area contributed by atoms with Crippen LogP contribution in [-0.4, -0.2) is 31.1 Å². The first kappa shape index (κ1) is 22.1. The van der Waals surface area contributed by atoms with Crippen LogP contribution in [0, 0.1) is 21.4 Å². The summed E-state index contributed by atoms with van der Waals surface area (Å²) in [7, 11) is 1.29. The van der Waals surface area contributed by atoms with Gasteiger partial charge in [0, 0.05) is 24.4 Å². The molecule has 9 nitrogen and oxygen atoms in total. The lowest BCUT2D eigenvalue weighted by atomic mass is 10.2. The Morgan fingerprint density at radius 3 is 2.38 bits per heavy atom. The topological polar surface area (TPSA) is 121 Å². The quantitative estimate of drug-likeness (QED) is 0.242. The van der Waals surface area contributed by atoms with Crippen molar-refractivity contribution in [2.24, 2.45) is 10.2 Å². The van der Waals surface area contributed by atoms with Gasteiger partial charge in [-0.1, -0.05) is 23.2 Å². The molecule has 0 aliphatic carbocycles. The van der Waals surface area contributed by atoms with Crippen LogP contribution in [0.2, 0.25) is 10.0 Å². The Morgan fingerprint density at radius 2 is 1.86 bits per heavy atom. The van der Waals surface area contributed by atoms with E-state index in [0.717, 1.165) is 12.1 Å². The number of rotatable bonds is 8.